The number of aromatic nitrogens is 2. The molecule has 0 saturated carbocycles. The first-order valence-electron chi connectivity index (χ1n) is 6.50. The lowest BCUT2D eigenvalue weighted by molar-refractivity contribution is -0.126. The fraction of sp³-hybridized carbons (Fsp3) is 0.692. The monoisotopic (exact) mass is 250 g/mol. The highest BCUT2D eigenvalue weighted by atomic mass is 16.2. The zero-order valence-corrected chi connectivity index (χ0v) is 11.3. The van der Waals surface area contributed by atoms with Gasteiger partial charge in [0.05, 0.1) is 12.2 Å². The Morgan fingerprint density at radius 3 is 3.00 bits per heavy atom. The molecule has 1 atom stereocenters. The minimum atomic E-state index is -0.0987. The van der Waals surface area contributed by atoms with Crippen LogP contribution in [-0.4, -0.2) is 28.7 Å². The molecule has 18 heavy (non-hydrogen) atoms. The summed E-state index contributed by atoms with van der Waals surface area (Å²) < 4.78 is 0. The molecule has 0 bridgehead atoms. The lowest BCUT2D eigenvalue weighted by Gasteiger charge is -2.38. The van der Waals surface area contributed by atoms with Gasteiger partial charge in [0.1, 0.15) is 0 Å². The number of piperidine rings is 1. The Kier molecular flexibility index (Phi) is 3.71. The minimum absolute atomic E-state index is 0.0216. The van der Waals surface area contributed by atoms with Crippen LogP contribution in [0.15, 0.2) is 6.20 Å². The summed E-state index contributed by atoms with van der Waals surface area (Å²) in [6.07, 6.45) is 3.98. The van der Waals surface area contributed by atoms with E-state index in [9.17, 15) is 4.79 Å². The van der Waals surface area contributed by atoms with Gasteiger partial charge in [0.15, 0.2) is 0 Å². The van der Waals surface area contributed by atoms with Gasteiger partial charge in [-0.2, -0.15) is 5.10 Å². The van der Waals surface area contributed by atoms with Gasteiger partial charge in [-0.3, -0.25) is 9.89 Å². The summed E-state index contributed by atoms with van der Waals surface area (Å²) in [7, 11) is 0. The molecule has 0 radical (unpaired) electrons. The first-order valence-corrected chi connectivity index (χ1v) is 6.50. The van der Waals surface area contributed by atoms with Crippen molar-refractivity contribution in [3.63, 3.8) is 0 Å². The lowest BCUT2D eigenvalue weighted by Crippen LogP contribution is -2.55. The summed E-state index contributed by atoms with van der Waals surface area (Å²) in [5.74, 6) is 0.0836. The molecule has 0 spiro atoms. The van der Waals surface area contributed by atoms with Crippen LogP contribution in [0.4, 0.5) is 0 Å². The van der Waals surface area contributed by atoms with Crippen LogP contribution >= 0.6 is 0 Å². The molecule has 2 rings (SSSR count). The molecule has 1 fully saturated rings. The van der Waals surface area contributed by atoms with Gasteiger partial charge in [0.2, 0.25) is 5.91 Å². The average Bonchev–Trinajstić information content (AvgIpc) is 2.71. The van der Waals surface area contributed by atoms with E-state index >= 15 is 0 Å². The van der Waals surface area contributed by atoms with Crippen LogP contribution in [0.1, 0.15) is 37.9 Å². The fourth-order valence-corrected chi connectivity index (χ4v) is 2.50. The summed E-state index contributed by atoms with van der Waals surface area (Å²) in [6.45, 7) is 7.71. The average molecular weight is 250 g/mol. The third kappa shape index (κ3) is 2.72. The molecule has 2 heterocycles. The number of rotatable bonds is 3. The zero-order valence-electron chi connectivity index (χ0n) is 11.3. The Morgan fingerprint density at radius 1 is 1.61 bits per heavy atom. The molecule has 1 amide bonds. The van der Waals surface area contributed by atoms with Gasteiger partial charge in [-0.1, -0.05) is 13.8 Å². The number of aromatic amines is 1. The lowest BCUT2D eigenvalue weighted by atomic mass is 9.77. The molecule has 1 aromatic rings. The molecule has 1 unspecified atom stereocenters. The van der Waals surface area contributed by atoms with Gasteiger partial charge in [-0.15, -0.1) is 0 Å². The van der Waals surface area contributed by atoms with Crippen LogP contribution in [0, 0.1) is 12.3 Å². The topological polar surface area (TPSA) is 69.8 Å². The molecule has 100 valence electrons. The molecule has 0 aromatic carbocycles. The van der Waals surface area contributed by atoms with Gasteiger partial charge < -0.3 is 10.6 Å². The van der Waals surface area contributed by atoms with E-state index in [-0.39, 0.29) is 17.4 Å². The third-order valence-corrected chi connectivity index (χ3v) is 3.78. The zero-order chi connectivity index (χ0) is 13.2. The summed E-state index contributed by atoms with van der Waals surface area (Å²) in [4.78, 5) is 12.2. The van der Waals surface area contributed by atoms with Gasteiger partial charge >= 0.3 is 0 Å². The fourth-order valence-electron chi connectivity index (χ4n) is 2.50. The normalized spacial score (nSPS) is 22.7. The van der Waals surface area contributed by atoms with Crippen molar-refractivity contribution in [3.8, 4) is 0 Å². The number of carbonyl (C=O) groups excluding carboxylic acids is 1. The Morgan fingerprint density at radius 2 is 2.39 bits per heavy atom. The van der Waals surface area contributed by atoms with Crippen molar-refractivity contribution in [1.29, 1.82) is 0 Å². The number of hydrogen-bond donors (Lipinski definition) is 3. The first-order chi connectivity index (χ1) is 8.50. The molecule has 1 aliphatic heterocycles. The number of aryl methyl sites for hydroxylation is 1. The standard InChI is InChI=1S/C13H22N4O/c1-9-10(8-16-17-9)7-15-12(18)11-13(2,3)5-4-6-14-11/h8,11,14H,4-7H2,1-3H3,(H,15,18)(H,16,17). The second kappa shape index (κ2) is 5.10. The molecule has 3 N–H and O–H groups in total. The maximum atomic E-state index is 12.2. The van der Waals surface area contributed by atoms with Crippen molar-refractivity contribution in [2.75, 3.05) is 6.54 Å². The Balaban J connectivity index is 1.93. The molecule has 1 aromatic heterocycles. The van der Waals surface area contributed by atoms with Crippen molar-refractivity contribution < 1.29 is 4.79 Å². The number of H-pyrrole nitrogens is 1. The van der Waals surface area contributed by atoms with Crippen LogP contribution in [0.25, 0.3) is 0 Å². The van der Waals surface area contributed by atoms with Crippen LogP contribution in [0.2, 0.25) is 0 Å². The maximum absolute atomic E-state index is 12.2. The van der Waals surface area contributed by atoms with Crippen molar-refractivity contribution in [2.24, 2.45) is 5.41 Å². The summed E-state index contributed by atoms with van der Waals surface area (Å²) in [5.41, 5.74) is 2.07. The van der Waals surface area contributed by atoms with Gasteiger partial charge in [-0.05, 0) is 31.7 Å². The molecule has 0 aliphatic carbocycles. The van der Waals surface area contributed by atoms with E-state index in [0.29, 0.717) is 6.54 Å². The first kappa shape index (κ1) is 13.1. The molecular weight excluding hydrogens is 228 g/mol. The third-order valence-electron chi connectivity index (χ3n) is 3.78. The molecule has 1 saturated heterocycles. The second-order valence-electron chi connectivity index (χ2n) is 5.72. The van der Waals surface area contributed by atoms with E-state index in [1.54, 1.807) is 6.20 Å². The van der Waals surface area contributed by atoms with E-state index < -0.39 is 0 Å². The number of carbonyl (C=O) groups is 1. The van der Waals surface area contributed by atoms with E-state index in [1.807, 2.05) is 6.92 Å². The largest absolute Gasteiger partial charge is 0.351 e. The van der Waals surface area contributed by atoms with Crippen molar-refractivity contribution in [3.05, 3.63) is 17.5 Å². The van der Waals surface area contributed by atoms with E-state index in [4.69, 9.17) is 0 Å². The number of amides is 1. The number of nitrogens with zero attached hydrogens (tertiary/aromatic N) is 1. The Hall–Kier alpha value is -1.36. The quantitative estimate of drug-likeness (QED) is 0.752. The van der Waals surface area contributed by atoms with Crippen LogP contribution in [0.5, 0.6) is 0 Å². The second-order valence-corrected chi connectivity index (χ2v) is 5.72. The van der Waals surface area contributed by atoms with Crippen LogP contribution < -0.4 is 10.6 Å². The van der Waals surface area contributed by atoms with E-state index in [0.717, 1.165) is 30.6 Å². The van der Waals surface area contributed by atoms with E-state index in [2.05, 4.69) is 34.7 Å². The number of hydrogen-bond acceptors (Lipinski definition) is 3. The predicted octanol–water partition coefficient (Wildman–Crippen LogP) is 1.11. The molecule has 5 nitrogen and oxygen atoms in total. The molecule has 1 aliphatic rings. The van der Waals surface area contributed by atoms with E-state index in [1.165, 1.54) is 0 Å². The predicted molar refractivity (Wildman–Crippen MR) is 70.0 cm³/mol. The van der Waals surface area contributed by atoms with Gasteiger partial charge in [0, 0.05) is 17.8 Å². The number of nitrogens with one attached hydrogen (secondary N) is 3. The maximum Gasteiger partial charge on any atom is 0.237 e. The van der Waals surface area contributed by atoms with Crippen LogP contribution in [-0.2, 0) is 11.3 Å². The SMILES string of the molecule is Cc1[nH]ncc1CNC(=O)C1NCCCC1(C)C. The highest BCUT2D eigenvalue weighted by Gasteiger charge is 2.36. The van der Waals surface area contributed by atoms with Crippen molar-refractivity contribution >= 4 is 5.91 Å². The van der Waals surface area contributed by atoms with Crippen molar-refractivity contribution in [1.82, 2.24) is 20.8 Å². The van der Waals surface area contributed by atoms with Crippen LogP contribution in [0.3, 0.4) is 0 Å². The summed E-state index contributed by atoms with van der Waals surface area (Å²) in [5, 5.41) is 13.1. The molecule has 5 heteroatoms. The van der Waals surface area contributed by atoms with Gasteiger partial charge in [-0.25, -0.2) is 0 Å². The molecular formula is C13H22N4O. The highest BCUT2D eigenvalue weighted by Crippen LogP contribution is 2.30. The Bertz CT molecular complexity index is 424. The highest BCUT2D eigenvalue weighted by molar-refractivity contribution is 5.82. The van der Waals surface area contributed by atoms with Crippen molar-refractivity contribution in [2.45, 2.75) is 46.2 Å². The Labute approximate surface area is 108 Å². The summed E-state index contributed by atoms with van der Waals surface area (Å²) >= 11 is 0. The minimum Gasteiger partial charge on any atom is -0.351 e. The summed E-state index contributed by atoms with van der Waals surface area (Å²) in [6, 6.07) is -0.0987. The smallest absolute Gasteiger partial charge is 0.237 e. The van der Waals surface area contributed by atoms with Gasteiger partial charge in [0.25, 0.3) is 0 Å².